The van der Waals surface area contributed by atoms with Crippen molar-refractivity contribution in [3.05, 3.63) is 102 Å². The maximum absolute atomic E-state index is 3.73. The van der Waals surface area contributed by atoms with Gasteiger partial charge in [0, 0.05) is 15.2 Å². The molecule has 0 N–H and O–H groups in total. The van der Waals surface area contributed by atoms with Gasteiger partial charge in [0.1, 0.15) is 0 Å². The fraction of sp³-hybridized carbons (Fsp3) is 0. The van der Waals surface area contributed by atoms with Crippen LogP contribution in [0.5, 0.6) is 0 Å². The first-order valence-corrected chi connectivity index (χ1v) is 9.46. The predicted octanol–water partition coefficient (Wildman–Crippen LogP) is 7.21. The van der Waals surface area contributed by atoms with Crippen LogP contribution in [0.15, 0.2) is 102 Å². The molecule has 0 saturated heterocycles. The van der Waals surface area contributed by atoms with Crippen molar-refractivity contribution in [1.29, 1.82) is 0 Å². The number of aromatic nitrogens is 1. The Morgan fingerprint density at radius 2 is 1.27 bits per heavy atom. The van der Waals surface area contributed by atoms with Crippen molar-refractivity contribution in [2.45, 2.75) is 0 Å². The lowest BCUT2D eigenvalue weighted by atomic mass is 9.99. The van der Waals surface area contributed by atoms with Crippen LogP contribution < -0.4 is 0 Å². The lowest BCUT2D eigenvalue weighted by molar-refractivity contribution is 1.17. The Kier molecular flexibility index (Phi) is 3.65. The van der Waals surface area contributed by atoms with Gasteiger partial charge in [-0.1, -0.05) is 72.8 Å². The van der Waals surface area contributed by atoms with Crippen molar-refractivity contribution >= 4 is 37.7 Å². The molecule has 1 aromatic heterocycles. The molecule has 26 heavy (non-hydrogen) atoms. The molecule has 0 aliphatic rings. The smallest absolute Gasteiger partial charge is 0.0604 e. The van der Waals surface area contributed by atoms with Crippen LogP contribution in [0.2, 0.25) is 0 Å². The molecule has 1 heterocycles. The van der Waals surface area contributed by atoms with E-state index < -0.39 is 0 Å². The summed E-state index contributed by atoms with van der Waals surface area (Å²) in [4.78, 5) is 0. The Labute approximate surface area is 160 Å². The molecule has 0 atom stereocenters. The highest BCUT2D eigenvalue weighted by molar-refractivity contribution is 9.10. The largest absolute Gasteiger partial charge is 0.308 e. The summed E-state index contributed by atoms with van der Waals surface area (Å²) >= 11 is 3.73. The molecule has 4 aromatic carbocycles. The second kappa shape index (κ2) is 6.15. The molecule has 0 aliphatic heterocycles. The minimum atomic E-state index is 1.09. The highest BCUT2D eigenvalue weighted by Gasteiger charge is 2.16. The van der Waals surface area contributed by atoms with Crippen LogP contribution in [-0.4, -0.2) is 4.57 Å². The van der Waals surface area contributed by atoms with E-state index in [0.29, 0.717) is 0 Å². The van der Waals surface area contributed by atoms with E-state index >= 15 is 0 Å². The molecule has 0 amide bonds. The molecule has 124 valence electrons. The van der Waals surface area contributed by atoms with Gasteiger partial charge in [-0.15, -0.1) is 0 Å². The number of fused-ring (bicyclic) bond motifs is 3. The maximum Gasteiger partial charge on any atom is 0.0604 e. The lowest BCUT2D eigenvalue weighted by Gasteiger charge is -2.10. The van der Waals surface area contributed by atoms with Gasteiger partial charge < -0.3 is 4.57 Å². The summed E-state index contributed by atoms with van der Waals surface area (Å²) in [6.45, 7) is 0. The van der Waals surface area contributed by atoms with Crippen LogP contribution in [0, 0.1) is 0 Å². The van der Waals surface area contributed by atoms with Gasteiger partial charge in [-0.2, -0.15) is 0 Å². The van der Waals surface area contributed by atoms with E-state index in [0.717, 1.165) is 10.2 Å². The average Bonchev–Trinajstić information content (AvgIpc) is 3.04. The first-order chi connectivity index (χ1) is 12.8. The van der Waals surface area contributed by atoms with Crippen molar-refractivity contribution in [2.75, 3.05) is 0 Å². The van der Waals surface area contributed by atoms with E-state index in [9.17, 15) is 0 Å². The van der Waals surface area contributed by atoms with Gasteiger partial charge in [-0.25, -0.2) is 0 Å². The first kappa shape index (κ1) is 15.4. The molecule has 0 bridgehead atoms. The van der Waals surface area contributed by atoms with Crippen molar-refractivity contribution in [3.63, 3.8) is 0 Å². The first-order valence-electron chi connectivity index (χ1n) is 8.67. The zero-order chi connectivity index (χ0) is 17.5. The SMILES string of the molecule is Brc1ccccc1-n1c2ccccc2c2c(-c3ccccc3)cccc21. The molecule has 0 saturated carbocycles. The van der Waals surface area contributed by atoms with E-state index in [1.54, 1.807) is 0 Å². The highest BCUT2D eigenvalue weighted by Crippen LogP contribution is 2.39. The standard InChI is InChI=1S/C24H16BrN/c25-20-13-5-7-15-22(20)26-21-14-6-4-11-19(21)24-18(12-8-16-23(24)26)17-9-2-1-3-10-17/h1-16H. The molecular weight excluding hydrogens is 382 g/mol. The lowest BCUT2D eigenvalue weighted by Crippen LogP contribution is -1.94. The van der Waals surface area contributed by atoms with Crippen LogP contribution in [0.3, 0.4) is 0 Å². The summed E-state index contributed by atoms with van der Waals surface area (Å²) in [6.07, 6.45) is 0. The second-order valence-electron chi connectivity index (χ2n) is 6.37. The Balaban J connectivity index is 1.97. The Bertz CT molecular complexity index is 1240. The Morgan fingerprint density at radius 3 is 2.12 bits per heavy atom. The second-order valence-corrected chi connectivity index (χ2v) is 7.22. The topological polar surface area (TPSA) is 4.93 Å². The Hall–Kier alpha value is -2.84. The molecular formula is C24H16BrN. The van der Waals surface area contributed by atoms with Crippen molar-refractivity contribution < 1.29 is 0 Å². The summed E-state index contributed by atoms with van der Waals surface area (Å²) in [7, 11) is 0. The summed E-state index contributed by atoms with van der Waals surface area (Å²) in [5, 5.41) is 2.57. The van der Waals surface area contributed by atoms with Gasteiger partial charge in [0.05, 0.1) is 16.7 Å². The van der Waals surface area contributed by atoms with Crippen molar-refractivity contribution in [2.24, 2.45) is 0 Å². The number of halogens is 1. The average molecular weight is 398 g/mol. The molecule has 0 spiro atoms. The van der Waals surface area contributed by atoms with Gasteiger partial charge in [0.25, 0.3) is 0 Å². The fourth-order valence-electron chi connectivity index (χ4n) is 3.77. The van der Waals surface area contributed by atoms with Gasteiger partial charge in [-0.05, 0) is 51.3 Å². The summed E-state index contributed by atoms with van der Waals surface area (Å²) in [5.74, 6) is 0. The summed E-state index contributed by atoms with van der Waals surface area (Å²) in [6, 6.07) is 34.2. The number of hydrogen-bond donors (Lipinski definition) is 0. The minimum absolute atomic E-state index is 1.09. The zero-order valence-electron chi connectivity index (χ0n) is 14.1. The van der Waals surface area contributed by atoms with Crippen LogP contribution in [-0.2, 0) is 0 Å². The molecule has 1 nitrogen and oxygen atoms in total. The third-order valence-electron chi connectivity index (χ3n) is 4.88. The molecule has 5 rings (SSSR count). The van der Waals surface area contributed by atoms with Crippen molar-refractivity contribution in [1.82, 2.24) is 4.57 Å². The molecule has 0 unspecified atom stereocenters. The number of rotatable bonds is 2. The summed E-state index contributed by atoms with van der Waals surface area (Å²) < 4.78 is 3.44. The van der Waals surface area contributed by atoms with Crippen LogP contribution >= 0.6 is 15.9 Å². The van der Waals surface area contributed by atoms with Gasteiger partial charge in [-0.3, -0.25) is 0 Å². The Morgan fingerprint density at radius 1 is 0.577 bits per heavy atom. The van der Waals surface area contributed by atoms with E-state index in [1.165, 1.54) is 32.9 Å². The molecule has 0 aliphatic carbocycles. The molecule has 0 fully saturated rings. The van der Waals surface area contributed by atoms with Gasteiger partial charge in [0.2, 0.25) is 0 Å². The van der Waals surface area contributed by atoms with Gasteiger partial charge >= 0.3 is 0 Å². The zero-order valence-corrected chi connectivity index (χ0v) is 15.6. The number of benzene rings is 4. The van der Waals surface area contributed by atoms with Crippen LogP contribution in [0.1, 0.15) is 0 Å². The third kappa shape index (κ3) is 2.30. The van der Waals surface area contributed by atoms with E-state index in [2.05, 4.69) is 118 Å². The van der Waals surface area contributed by atoms with E-state index in [4.69, 9.17) is 0 Å². The van der Waals surface area contributed by atoms with Crippen molar-refractivity contribution in [3.8, 4) is 16.8 Å². The fourth-order valence-corrected chi connectivity index (χ4v) is 4.23. The molecule has 5 aromatic rings. The van der Waals surface area contributed by atoms with E-state index in [1.807, 2.05) is 0 Å². The highest BCUT2D eigenvalue weighted by atomic mass is 79.9. The number of para-hydroxylation sites is 2. The minimum Gasteiger partial charge on any atom is -0.308 e. The van der Waals surface area contributed by atoms with Crippen LogP contribution in [0.4, 0.5) is 0 Å². The maximum atomic E-state index is 3.73. The predicted molar refractivity (Wildman–Crippen MR) is 114 cm³/mol. The summed E-state index contributed by atoms with van der Waals surface area (Å²) in [5.41, 5.74) is 6.11. The third-order valence-corrected chi connectivity index (χ3v) is 5.55. The van der Waals surface area contributed by atoms with E-state index in [-0.39, 0.29) is 0 Å². The quantitative estimate of drug-likeness (QED) is 0.296. The van der Waals surface area contributed by atoms with Gasteiger partial charge in [0.15, 0.2) is 0 Å². The number of nitrogens with zero attached hydrogens (tertiary/aromatic N) is 1. The monoisotopic (exact) mass is 397 g/mol. The van der Waals surface area contributed by atoms with Crippen LogP contribution in [0.25, 0.3) is 38.6 Å². The molecule has 0 radical (unpaired) electrons. The normalized spacial score (nSPS) is 11.3. The number of hydrogen-bond acceptors (Lipinski definition) is 0. The molecule has 2 heteroatoms.